The second kappa shape index (κ2) is 6.75. The van der Waals surface area contributed by atoms with Gasteiger partial charge in [0, 0.05) is 13.1 Å². The first kappa shape index (κ1) is 15.0. The zero-order chi connectivity index (χ0) is 14.3. The number of carbonyl (C=O) groups excluding carboxylic acids is 1. The molecular formula is C13H18N2O4. The predicted molar refractivity (Wildman–Crippen MR) is 69.6 cm³/mol. The van der Waals surface area contributed by atoms with E-state index < -0.39 is 24.0 Å². The van der Waals surface area contributed by atoms with Crippen molar-refractivity contribution >= 4 is 12.0 Å². The van der Waals surface area contributed by atoms with Crippen molar-refractivity contribution in [2.45, 2.75) is 25.5 Å². The molecule has 1 rings (SSSR count). The number of amides is 2. The van der Waals surface area contributed by atoms with E-state index in [2.05, 4.69) is 10.6 Å². The standard InChI is InChI=1S/C13H18N2O4/c1-13(19,7-11(16)17)9-15-12(18)14-8-10-5-3-2-4-6-10/h2-6,19H,7-9H2,1H3,(H,16,17)(H2,14,15,18). The summed E-state index contributed by atoms with van der Waals surface area (Å²) in [4.78, 5) is 22.0. The van der Waals surface area contributed by atoms with Crippen molar-refractivity contribution in [1.82, 2.24) is 10.6 Å². The third-order valence-electron chi connectivity index (χ3n) is 2.46. The Morgan fingerprint density at radius 3 is 2.42 bits per heavy atom. The highest BCUT2D eigenvalue weighted by molar-refractivity contribution is 5.74. The maximum Gasteiger partial charge on any atom is 0.315 e. The number of aliphatic carboxylic acids is 1. The Balaban J connectivity index is 2.30. The number of carbonyl (C=O) groups is 2. The molecule has 19 heavy (non-hydrogen) atoms. The van der Waals surface area contributed by atoms with Crippen LogP contribution in [0, 0.1) is 0 Å². The number of benzene rings is 1. The molecule has 0 fully saturated rings. The van der Waals surface area contributed by atoms with Crippen LogP contribution in [0.5, 0.6) is 0 Å². The fourth-order valence-electron chi connectivity index (χ4n) is 1.50. The summed E-state index contributed by atoms with van der Waals surface area (Å²) in [6, 6.07) is 8.92. The molecule has 0 radical (unpaired) electrons. The van der Waals surface area contributed by atoms with Crippen molar-refractivity contribution in [3.63, 3.8) is 0 Å². The largest absolute Gasteiger partial charge is 0.481 e. The van der Waals surface area contributed by atoms with Crippen LogP contribution in [0.3, 0.4) is 0 Å². The lowest BCUT2D eigenvalue weighted by molar-refractivity contribution is -0.141. The highest BCUT2D eigenvalue weighted by Gasteiger charge is 2.24. The minimum Gasteiger partial charge on any atom is -0.481 e. The first-order valence-electron chi connectivity index (χ1n) is 5.89. The average Bonchev–Trinajstić information content (AvgIpc) is 2.34. The number of carboxylic acids is 1. The third kappa shape index (κ3) is 6.42. The monoisotopic (exact) mass is 266 g/mol. The molecule has 0 heterocycles. The van der Waals surface area contributed by atoms with Gasteiger partial charge in [0.25, 0.3) is 0 Å². The van der Waals surface area contributed by atoms with Crippen LogP contribution < -0.4 is 10.6 Å². The Morgan fingerprint density at radius 2 is 1.84 bits per heavy atom. The van der Waals surface area contributed by atoms with Crippen molar-refractivity contribution in [1.29, 1.82) is 0 Å². The van der Waals surface area contributed by atoms with Gasteiger partial charge < -0.3 is 20.8 Å². The number of hydrogen-bond acceptors (Lipinski definition) is 3. The summed E-state index contributed by atoms with van der Waals surface area (Å²) in [7, 11) is 0. The Morgan fingerprint density at radius 1 is 1.21 bits per heavy atom. The smallest absolute Gasteiger partial charge is 0.315 e. The van der Waals surface area contributed by atoms with Crippen LogP contribution in [0.4, 0.5) is 4.79 Å². The Hall–Kier alpha value is -2.08. The molecule has 1 atom stereocenters. The molecule has 0 aliphatic carbocycles. The third-order valence-corrected chi connectivity index (χ3v) is 2.46. The molecule has 0 saturated heterocycles. The van der Waals surface area contributed by atoms with Crippen molar-refractivity contribution in [3.8, 4) is 0 Å². The fourth-order valence-corrected chi connectivity index (χ4v) is 1.50. The topological polar surface area (TPSA) is 98.7 Å². The first-order chi connectivity index (χ1) is 8.89. The van der Waals surface area contributed by atoms with E-state index in [1.807, 2.05) is 30.3 Å². The molecule has 1 aromatic carbocycles. The van der Waals surface area contributed by atoms with Gasteiger partial charge in [-0.15, -0.1) is 0 Å². The van der Waals surface area contributed by atoms with Crippen LogP contribution >= 0.6 is 0 Å². The van der Waals surface area contributed by atoms with E-state index in [0.717, 1.165) is 5.56 Å². The Bertz CT molecular complexity index is 432. The summed E-state index contributed by atoms with van der Waals surface area (Å²) >= 11 is 0. The van der Waals surface area contributed by atoms with Gasteiger partial charge in [-0.2, -0.15) is 0 Å². The lowest BCUT2D eigenvalue weighted by Gasteiger charge is -2.21. The van der Waals surface area contributed by atoms with E-state index in [0.29, 0.717) is 6.54 Å². The predicted octanol–water partition coefficient (Wildman–Crippen LogP) is 0.711. The number of carboxylic acid groups (broad SMARTS) is 1. The molecule has 1 aromatic rings. The molecule has 0 aliphatic heterocycles. The van der Waals surface area contributed by atoms with Gasteiger partial charge >= 0.3 is 12.0 Å². The van der Waals surface area contributed by atoms with Crippen LogP contribution in [0.2, 0.25) is 0 Å². The van der Waals surface area contributed by atoms with Crippen molar-refractivity contribution < 1.29 is 19.8 Å². The quantitative estimate of drug-likeness (QED) is 0.609. The number of urea groups is 1. The maximum atomic E-state index is 11.5. The summed E-state index contributed by atoms with van der Waals surface area (Å²) in [6.45, 7) is 1.60. The van der Waals surface area contributed by atoms with Gasteiger partial charge in [0.1, 0.15) is 0 Å². The zero-order valence-corrected chi connectivity index (χ0v) is 10.7. The van der Waals surface area contributed by atoms with Gasteiger partial charge in [-0.3, -0.25) is 4.79 Å². The van der Waals surface area contributed by atoms with Gasteiger partial charge in [-0.1, -0.05) is 30.3 Å². The van der Waals surface area contributed by atoms with E-state index in [9.17, 15) is 14.7 Å². The van der Waals surface area contributed by atoms with Gasteiger partial charge in [0.15, 0.2) is 0 Å². The summed E-state index contributed by atoms with van der Waals surface area (Å²) in [6.07, 6.45) is -0.425. The van der Waals surface area contributed by atoms with Crippen LogP contribution in [0.15, 0.2) is 30.3 Å². The van der Waals surface area contributed by atoms with Crippen LogP contribution in [-0.4, -0.2) is 34.4 Å². The molecule has 104 valence electrons. The second-order valence-corrected chi connectivity index (χ2v) is 4.59. The highest BCUT2D eigenvalue weighted by Crippen LogP contribution is 2.07. The highest BCUT2D eigenvalue weighted by atomic mass is 16.4. The Labute approximate surface area is 111 Å². The van der Waals surface area contributed by atoms with Gasteiger partial charge in [-0.25, -0.2) is 4.79 Å². The summed E-state index contributed by atoms with van der Waals surface area (Å²) < 4.78 is 0. The number of aliphatic hydroxyl groups is 1. The molecule has 0 bridgehead atoms. The summed E-state index contributed by atoms with van der Waals surface area (Å²) in [5.41, 5.74) is -0.509. The van der Waals surface area contributed by atoms with Crippen LogP contribution in [0.25, 0.3) is 0 Å². The van der Waals surface area contributed by atoms with E-state index in [-0.39, 0.29) is 6.54 Å². The maximum absolute atomic E-state index is 11.5. The SMILES string of the molecule is CC(O)(CNC(=O)NCc1ccccc1)CC(=O)O. The minimum absolute atomic E-state index is 0.125. The second-order valence-electron chi connectivity index (χ2n) is 4.59. The van der Waals surface area contributed by atoms with E-state index >= 15 is 0 Å². The van der Waals surface area contributed by atoms with Crippen molar-refractivity contribution in [3.05, 3.63) is 35.9 Å². The van der Waals surface area contributed by atoms with Gasteiger partial charge in [0.05, 0.1) is 12.0 Å². The van der Waals surface area contributed by atoms with Gasteiger partial charge in [-0.05, 0) is 12.5 Å². The van der Waals surface area contributed by atoms with E-state index in [4.69, 9.17) is 5.11 Å². The normalized spacial score (nSPS) is 13.4. The molecule has 2 amide bonds. The Kier molecular flexibility index (Phi) is 5.32. The van der Waals surface area contributed by atoms with Crippen molar-refractivity contribution in [2.24, 2.45) is 0 Å². The van der Waals surface area contributed by atoms with E-state index in [1.165, 1.54) is 6.92 Å². The molecule has 1 unspecified atom stereocenters. The molecule has 0 spiro atoms. The minimum atomic E-state index is -1.46. The molecule has 6 heteroatoms. The first-order valence-corrected chi connectivity index (χ1v) is 5.89. The molecule has 6 nitrogen and oxygen atoms in total. The van der Waals surface area contributed by atoms with E-state index in [1.54, 1.807) is 0 Å². The molecule has 0 aromatic heterocycles. The fraction of sp³-hybridized carbons (Fsp3) is 0.385. The molecule has 4 N–H and O–H groups in total. The van der Waals surface area contributed by atoms with Crippen LogP contribution in [0.1, 0.15) is 18.9 Å². The molecule has 0 saturated carbocycles. The average molecular weight is 266 g/mol. The lowest BCUT2D eigenvalue weighted by Crippen LogP contribution is -2.45. The molecular weight excluding hydrogens is 248 g/mol. The lowest BCUT2D eigenvalue weighted by atomic mass is 10.0. The van der Waals surface area contributed by atoms with Crippen LogP contribution in [-0.2, 0) is 11.3 Å². The van der Waals surface area contributed by atoms with Gasteiger partial charge in [0.2, 0.25) is 0 Å². The number of hydrogen-bond donors (Lipinski definition) is 4. The summed E-state index contributed by atoms with van der Waals surface area (Å²) in [5.74, 6) is -1.11. The zero-order valence-electron chi connectivity index (χ0n) is 10.7. The van der Waals surface area contributed by atoms with Crippen molar-refractivity contribution in [2.75, 3.05) is 6.54 Å². The number of nitrogens with one attached hydrogen (secondary N) is 2. The molecule has 0 aliphatic rings. The number of rotatable bonds is 6. The summed E-state index contributed by atoms with van der Waals surface area (Å²) in [5, 5.41) is 23.3.